The Balaban J connectivity index is 1.70. The Morgan fingerprint density at radius 3 is 2.35 bits per heavy atom. The Labute approximate surface area is 299 Å². The molecular formula is C33H52N6O7S2. The molecule has 1 saturated heterocycles. The number of aliphatic hydroxyl groups is 2. The van der Waals surface area contributed by atoms with Gasteiger partial charge in [-0.25, -0.2) is 4.98 Å². The second-order valence-corrected chi connectivity index (χ2v) is 15.1. The van der Waals surface area contributed by atoms with Crippen molar-refractivity contribution in [3.63, 3.8) is 0 Å². The summed E-state index contributed by atoms with van der Waals surface area (Å²) in [5.74, 6) is -1.78. The number of aliphatic hydroxyl groups excluding tert-OH is 2. The number of rotatable bonds is 17. The lowest BCUT2D eigenvalue weighted by atomic mass is 9.82. The number of hydrogen-bond donors (Lipinski definition) is 6. The summed E-state index contributed by atoms with van der Waals surface area (Å²) in [5, 5.41) is 29.3. The second kappa shape index (κ2) is 18.4. The van der Waals surface area contributed by atoms with Crippen molar-refractivity contribution in [3.8, 4) is 0 Å². The highest BCUT2D eigenvalue weighted by atomic mass is 32.2. The molecule has 48 heavy (non-hydrogen) atoms. The molecule has 13 nitrogen and oxygen atoms in total. The zero-order chi connectivity index (χ0) is 41.9. The van der Waals surface area contributed by atoms with Crippen molar-refractivity contribution in [3.05, 3.63) is 47.0 Å². The van der Waals surface area contributed by atoms with Crippen molar-refractivity contribution < 1.29 is 43.9 Å². The first-order chi connectivity index (χ1) is 25.9. The lowest BCUT2D eigenvalue weighted by Gasteiger charge is -2.34. The molecule has 2 aromatic rings. The molecule has 5 atom stereocenters. The third-order valence-electron chi connectivity index (χ3n) is 8.30. The fourth-order valence-corrected chi connectivity index (χ4v) is 7.46. The van der Waals surface area contributed by atoms with Crippen molar-refractivity contribution in [2.45, 2.75) is 102 Å². The largest absolute Gasteiger partial charge is 0.390 e. The molecule has 4 rings (SSSR count). The van der Waals surface area contributed by atoms with Gasteiger partial charge < -0.3 is 31.3 Å². The minimum atomic E-state index is -5.66. The number of nitrogens with one attached hydrogen (secondary N) is 3. The molecule has 1 saturated carbocycles. The van der Waals surface area contributed by atoms with E-state index in [2.05, 4.69) is 20.4 Å². The molecule has 0 spiro atoms. The van der Waals surface area contributed by atoms with Crippen LogP contribution in [0.5, 0.6) is 0 Å². The van der Waals surface area contributed by atoms with Crippen LogP contribution in [-0.2, 0) is 37.4 Å². The molecule has 0 radical (unpaired) electrons. The Hall–Kier alpha value is -2.66. The van der Waals surface area contributed by atoms with Gasteiger partial charge in [-0.3, -0.25) is 9.59 Å². The fraction of sp³-hybridized carbons (Fsp3) is 0.667. The molecule has 1 aromatic carbocycles. The van der Waals surface area contributed by atoms with Crippen LogP contribution in [0, 0.1) is 11.8 Å². The van der Waals surface area contributed by atoms with Gasteiger partial charge in [-0.05, 0) is 36.7 Å². The van der Waals surface area contributed by atoms with Gasteiger partial charge in [-0.1, -0.05) is 76.3 Å². The van der Waals surface area contributed by atoms with Crippen molar-refractivity contribution in [1.29, 1.82) is 0 Å². The third kappa shape index (κ3) is 11.7. The monoisotopic (exact) mass is 716 g/mol. The van der Waals surface area contributed by atoms with E-state index in [0.717, 1.165) is 43.4 Å². The number of carbonyl (C=O) groups is 2. The number of amides is 2. The predicted molar refractivity (Wildman–Crippen MR) is 185 cm³/mol. The number of nitrogens with zero attached hydrogens (tertiary/aromatic N) is 2. The number of ether oxygens (including phenoxy) is 1. The van der Waals surface area contributed by atoms with Crippen molar-refractivity contribution >= 4 is 38.5 Å². The van der Waals surface area contributed by atoms with E-state index in [-0.39, 0.29) is 35.5 Å². The van der Waals surface area contributed by atoms with E-state index in [1.807, 2.05) is 18.6 Å². The van der Waals surface area contributed by atoms with E-state index in [9.17, 15) is 28.2 Å². The van der Waals surface area contributed by atoms with Gasteiger partial charge in [0.25, 0.3) is 10.2 Å². The lowest BCUT2D eigenvalue weighted by Crippen LogP contribution is -2.59. The minimum absolute atomic E-state index is 0.0263. The molecule has 2 fully saturated rings. The van der Waals surface area contributed by atoms with Crippen LogP contribution in [0.1, 0.15) is 81.0 Å². The highest BCUT2D eigenvalue weighted by molar-refractivity contribution is 7.87. The number of nitrogen functional groups attached to an aromatic ring is 1. The maximum atomic E-state index is 14.2. The van der Waals surface area contributed by atoms with E-state index in [4.69, 9.17) is 16.7 Å². The van der Waals surface area contributed by atoms with Crippen molar-refractivity contribution in [2.24, 2.45) is 11.8 Å². The molecule has 268 valence electrons. The maximum Gasteiger partial charge on any atom is 0.280 e. The summed E-state index contributed by atoms with van der Waals surface area (Å²) in [7, 11) is -5.66. The number of morpholine rings is 1. The van der Waals surface area contributed by atoms with Crippen molar-refractivity contribution in [2.75, 3.05) is 31.8 Å². The van der Waals surface area contributed by atoms with Crippen LogP contribution in [0.25, 0.3) is 0 Å². The molecule has 7 N–H and O–H groups in total. The summed E-state index contributed by atoms with van der Waals surface area (Å²) < 4.78 is 98.5. The van der Waals surface area contributed by atoms with E-state index in [1.54, 1.807) is 35.7 Å². The number of nitrogens with two attached hydrogens (primary N) is 1. The molecule has 15 heteroatoms. The van der Waals surface area contributed by atoms with Gasteiger partial charge in [0.15, 0.2) is 5.13 Å². The van der Waals surface area contributed by atoms with E-state index in [0.29, 0.717) is 12.0 Å². The smallest absolute Gasteiger partial charge is 0.280 e. The highest BCUT2D eigenvalue weighted by Crippen LogP contribution is 2.29. The third-order valence-corrected chi connectivity index (χ3v) is 10.3. The van der Waals surface area contributed by atoms with Gasteiger partial charge >= 0.3 is 0 Å². The van der Waals surface area contributed by atoms with Crippen LogP contribution in [0.3, 0.4) is 0 Å². The molecule has 1 aliphatic carbocycles. The highest BCUT2D eigenvalue weighted by Gasteiger charge is 2.36. The molecule has 2 amide bonds. The normalized spacial score (nSPS) is 26.4. The van der Waals surface area contributed by atoms with Gasteiger partial charge in [0, 0.05) is 30.3 Å². The van der Waals surface area contributed by atoms with Gasteiger partial charge in [0.2, 0.25) is 11.8 Å². The first-order valence-electron chi connectivity index (χ1n) is 20.1. The van der Waals surface area contributed by atoms with Gasteiger partial charge in [0.05, 0.1) is 36.4 Å². The van der Waals surface area contributed by atoms with Crippen LogP contribution < -0.4 is 21.1 Å². The number of carbonyl (C=O) groups excluding carboxylic acids is 2. The zero-order valence-corrected chi connectivity index (χ0v) is 28.7. The van der Waals surface area contributed by atoms with Gasteiger partial charge in [-0.2, -0.15) is 17.4 Å². The lowest BCUT2D eigenvalue weighted by molar-refractivity contribution is -0.131. The standard InChI is InChI=1S/C33H52N6O7S2/c1-22(2)17-29(40)30(41)26(18-23-9-5-3-6-10-23)36-31(42)27(20-25-21-47-33(34)35-25)37-32(43)28(19-24-11-7-4-8-12-24)38-48(44,45)39-13-15-46-16-14-39/h4,7-8,11-12,21-23,26-30,38,40-41H,3,5-6,9-10,13-20H2,1-2H3,(H2,34,35)(H,36,42)(H,37,43)/t26-,27-,28-,29-,30+/m0/s1/i13D2,14D2,15D2,16D2. The van der Waals surface area contributed by atoms with E-state index < -0.39 is 89.2 Å². The first-order valence-corrected chi connectivity index (χ1v) is 18.4. The van der Waals surface area contributed by atoms with Crippen LogP contribution in [0.2, 0.25) is 0 Å². The molecular weight excluding hydrogens is 657 g/mol. The molecule has 0 unspecified atom stereocenters. The number of aromatic nitrogens is 1. The summed E-state index contributed by atoms with van der Waals surface area (Å²) in [4.78, 5) is 32.6. The van der Waals surface area contributed by atoms with E-state index in [1.165, 1.54) is 0 Å². The van der Waals surface area contributed by atoms with Crippen LogP contribution in [0.4, 0.5) is 5.13 Å². The van der Waals surface area contributed by atoms with E-state index >= 15 is 0 Å². The molecule has 1 aliphatic heterocycles. The number of hydrogen-bond acceptors (Lipinski definition) is 10. The average Bonchev–Trinajstić information content (AvgIpc) is 3.50. The Bertz CT molecular complexity index is 1730. The average molecular weight is 717 g/mol. The van der Waals surface area contributed by atoms with Crippen LogP contribution in [-0.4, -0.2) is 96.2 Å². The number of anilines is 1. The molecule has 1 aromatic heterocycles. The maximum absolute atomic E-state index is 14.2. The summed E-state index contributed by atoms with van der Waals surface area (Å²) in [5.41, 5.74) is 6.50. The van der Waals surface area contributed by atoms with Crippen LogP contribution in [0.15, 0.2) is 35.7 Å². The Morgan fingerprint density at radius 1 is 1.06 bits per heavy atom. The summed E-state index contributed by atoms with van der Waals surface area (Å²) in [6.07, 6.45) is 2.08. The fourth-order valence-electron chi connectivity index (χ4n) is 5.92. The number of thiazole rings is 1. The van der Waals surface area contributed by atoms with Crippen LogP contribution >= 0.6 is 11.3 Å². The zero-order valence-electron chi connectivity index (χ0n) is 35.1. The minimum Gasteiger partial charge on any atom is -0.390 e. The first kappa shape index (κ1) is 28.1. The SMILES string of the molecule is [2H]C1([2H])OC([2H])([2H])C([2H])([2H])N(S(=O)(=O)N[C@@H](Cc2ccccc2)C(=O)N[C@@H](Cc2csc(N)n2)C(=O)N[C@@H](CC2CCCCC2)[C@@H](O)[C@@H](O)CC(C)C)C1([2H])[2H]. The Kier molecular flexibility index (Phi) is 10.7. The topological polar surface area (TPSA) is 196 Å². The second-order valence-electron chi connectivity index (χ2n) is 12.6. The van der Waals surface area contributed by atoms with Gasteiger partial charge in [0.1, 0.15) is 18.2 Å². The summed E-state index contributed by atoms with van der Waals surface area (Å²) in [6, 6.07) is 3.58. The summed E-state index contributed by atoms with van der Waals surface area (Å²) in [6.45, 7) is -11.3. The summed E-state index contributed by atoms with van der Waals surface area (Å²) >= 11 is 1.07. The Morgan fingerprint density at radius 2 is 1.73 bits per heavy atom. The number of benzene rings is 1. The molecule has 0 bridgehead atoms. The van der Waals surface area contributed by atoms with Gasteiger partial charge in [-0.15, -0.1) is 11.3 Å². The molecule has 2 heterocycles. The predicted octanol–water partition coefficient (Wildman–Crippen LogP) is 1.75. The molecule has 2 aliphatic rings. The quantitative estimate of drug-likeness (QED) is 0.141. The van der Waals surface area contributed by atoms with Crippen molar-refractivity contribution in [1.82, 2.24) is 24.6 Å².